The third kappa shape index (κ3) is 3.29. The van der Waals surface area contributed by atoms with E-state index >= 15 is 0 Å². The second kappa shape index (κ2) is 6.10. The molecule has 102 valence electrons. The van der Waals surface area contributed by atoms with Crippen LogP contribution in [-0.4, -0.2) is 18.4 Å². The van der Waals surface area contributed by atoms with E-state index in [4.69, 9.17) is 4.74 Å². The van der Waals surface area contributed by atoms with Gasteiger partial charge in [-0.25, -0.2) is 9.18 Å². The van der Waals surface area contributed by atoms with Gasteiger partial charge in [0.2, 0.25) is 0 Å². The molecule has 0 N–H and O–H groups in total. The van der Waals surface area contributed by atoms with Gasteiger partial charge in [-0.1, -0.05) is 30.3 Å². The van der Waals surface area contributed by atoms with E-state index in [2.05, 4.69) is 0 Å². The number of esters is 1. The number of carbonyl (C=O) groups is 2. The van der Waals surface area contributed by atoms with Crippen molar-refractivity contribution in [1.29, 1.82) is 0 Å². The maximum absolute atomic E-state index is 12.9. The molecule has 0 saturated heterocycles. The van der Waals surface area contributed by atoms with E-state index in [-0.39, 0.29) is 18.0 Å². The predicted molar refractivity (Wildman–Crippen MR) is 72.2 cm³/mol. The molecule has 3 nitrogen and oxygen atoms in total. The van der Waals surface area contributed by atoms with Crippen LogP contribution in [-0.2, 0) is 4.74 Å². The van der Waals surface area contributed by atoms with Gasteiger partial charge < -0.3 is 4.74 Å². The maximum atomic E-state index is 12.9. The number of aryl methyl sites for hydroxylation is 1. The Morgan fingerprint density at radius 3 is 2.45 bits per heavy atom. The molecule has 0 bridgehead atoms. The summed E-state index contributed by atoms with van der Waals surface area (Å²) in [5, 5.41) is 0. The number of Topliss-reactive ketones (excluding diaryl/α,β-unsaturated/α-hetero) is 1. The molecular weight excluding hydrogens is 259 g/mol. The topological polar surface area (TPSA) is 43.4 Å². The molecule has 2 rings (SSSR count). The van der Waals surface area contributed by atoms with Gasteiger partial charge in [-0.3, -0.25) is 4.79 Å². The van der Waals surface area contributed by atoms with Crippen LogP contribution in [0.5, 0.6) is 0 Å². The zero-order valence-electron chi connectivity index (χ0n) is 10.9. The lowest BCUT2D eigenvalue weighted by Gasteiger charge is -2.06. The minimum absolute atomic E-state index is 0.257. The molecule has 0 saturated carbocycles. The Morgan fingerprint density at radius 2 is 1.80 bits per heavy atom. The van der Waals surface area contributed by atoms with Gasteiger partial charge in [0.25, 0.3) is 0 Å². The van der Waals surface area contributed by atoms with Gasteiger partial charge in [-0.05, 0) is 30.7 Å². The second-order valence-electron chi connectivity index (χ2n) is 4.32. The summed E-state index contributed by atoms with van der Waals surface area (Å²) in [6.07, 6.45) is 0. The zero-order chi connectivity index (χ0) is 14.5. The summed E-state index contributed by atoms with van der Waals surface area (Å²) in [6.45, 7) is 1.28. The molecule has 2 aromatic rings. The molecule has 2 aromatic carbocycles. The van der Waals surface area contributed by atoms with Gasteiger partial charge in [0, 0.05) is 5.56 Å². The lowest BCUT2D eigenvalue weighted by atomic mass is 10.1. The van der Waals surface area contributed by atoms with E-state index in [0.717, 1.165) is 0 Å². The first-order chi connectivity index (χ1) is 9.58. The molecule has 0 aliphatic heterocycles. The maximum Gasteiger partial charge on any atom is 0.338 e. The van der Waals surface area contributed by atoms with Crippen LogP contribution in [0.2, 0.25) is 0 Å². The molecule has 0 radical (unpaired) electrons. The Balaban J connectivity index is 2.00. The quantitative estimate of drug-likeness (QED) is 0.634. The Labute approximate surface area is 116 Å². The lowest BCUT2D eigenvalue weighted by Crippen LogP contribution is -2.15. The number of ether oxygens (including phenoxy) is 1. The Morgan fingerprint density at radius 1 is 1.10 bits per heavy atom. The largest absolute Gasteiger partial charge is 0.454 e. The van der Waals surface area contributed by atoms with E-state index in [0.29, 0.717) is 11.1 Å². The van der Waals surface area contributed by atoms with Crippen LogP contribution in [0.1, 0.15) is 26.3 Å². The fraction of sp³-hybridized carbons (Fsp3) is 0.125. The van der Waals surface area contributed by atoms with Crippen molar-refractivity contribution < 1.29 is 18.7 Å². The monoisotopic (exact) mass is 272 g/mol. The van der Waals surface area contributed by atoms with Crippen molar-refractivity contribution >= 4 is 11.8 Å². The third-order valence-electron chi connectivity index (χ3n) is 2.84. The average Bonchev–Trinajstić information content (AvgIpc) is 2.45. The summed E-state index contributed by atoms with van der Waals surface area (Å²) in [5.41, 5.74) is 1.21. The lowest BCUT2D eigenvalue weighted by molar-refractivity contribution is 0.0474. The van der Waals surface area contributed by atoms with Crippen LogP contribution < -0.4 is 0 Å². The second-order valence-corrected chi connectivity index (χ2v) is 4.32. The van der Waals surface area contributed by atoms with Crippen LogP contribution in [0.4, 0.5) is 4.39 Å². The van der Waals surface area contributed by atoms with Crippen LogP contribution in [0, 0.1) is 12.7 Å². The van der Waals surface area contributed by atoms with Gasteiger partial charge >= 0.3 is 5.97 Å². The number of ketones is 1. The summed E-state index contributed by atoms with van der Waals surface area (Å²) >= 11 is 0. The highest BCUT2D eigenvalue weighted by molar-refractivity contribution is 5.99. The summed E-state index contributed by atoms with van der Waals surface area (Å²) in [4.78, 5) is 23.6. The molecule has 20 heavy (non-hydrogen) atoms. The van der Waals surface area contributed by atoms with Crippen LogP contribution in [0.15, 0.2) is 48.5 Å². The highest BCUT2D eigenvalue weighted by Crippen LogP contribution is 2.11. The number of hydrogen-bond acceptors (Lipinski definition) is 3. The van der Waals surface area contributed by atoms with Crippen molar-refractivity contribution in [3.8, 4) is 0 Å². The first-order valence-corrected chi connectivity index (χ1v) is 6.09. The van der Waals surface area contributed by atoms with Crippen molar-refractivity contribution in [2.45, 2.75) is 6.92 Å². The van der Waals surface area contributed by atoms with Gasteiger partial charge in [-0.2, -0.15) is 0 Å². The summed E-state index contributed by atoms with van der Waals surface area (Å²) in [6, 6.07) is 12.3. The predicted octanol–water partition coefficient (Wildman–Crippen LogP) is 3.17. The fourth-order valence-corrected chi connectivity index (χ4v) is 1.77. The van der Waals surface area contributed by atoms with Gasteiger partial charge in [-0.15, -0.1) is 0 Å². The Hall–Kier alpha value is -2.49. The molecule has 0 heterocycles. The highest BCUT2D eigenvalue weighted by atomic mass is 19.1. The van der Waals surface area contributed by atoms with E-state index in [1.54, 1.807) is 37.3 Å². The molecule has 0 aliphatic carbocycles. The highest BCUT2D eigenvalue weighted by Gasteiger charge is 2.13. The minimum Gasteiger partial charge on any atom is -0.454 e. The Kier molecular flexibility index (Phi) is 4.25. The van der Waals surface area contributed by atoms with Crippen LogP contribution in [0.25, 0.3) is 0 Å². The molecule has 0 fully saturated rings. The Bertz CT molecular complexity index is 635. The number of halogens is 1. The van der Waals surface area contributed by atoms with Crippen molar-refractivity contribution in [3.05, 3.63) is 71.0 Å². The van der Waals surface area contributed by atoms with Crippen molar-refractivity contribution in [2.24, 2.45) is 0 Å². The zero-order valence-corrected chi connectivity index (χ0v) is 10.9. The van der Waals surface area contributed by atoms with E-state index in [1.807, 2.05) is 0 Å². The van der Waals surface area contributed by atoms with Crippen molar-refractivity contribution in [1.82, 2.24) is 0 Å². The molecule has 0 spiro atoms. The average molecular weight is 272 g/mol. The smallest absolute Gasteiger partial charge is 0.338 e. The molecule has 0 unspecified atom stereocenters. The first kappa shape index (κ1) is 13.9. The molecular formula is C16H13FO3. The van der Waals surface area contributed by atoms with Gasteiger partial charge in [0.15, 0.2) is 12.4 Å². The molecule has 0 aliphatic rings. The van der Waals surface area contributed by atoms with Crippen molar-refractivity contribution in [2.75, 3.05) is 6.61 Å². The van der Waals surface area contributed by atoms with Crippen molar-refractivity contribution in [3.63, 3.8) is 0 Å². The number of rotatable bonds is 4. The van der Waals surface area contributed by atoms with Gasteiger partial charge in [0.05, 0.1) is 5.56 Å². The molecule has 0 amide bonds. The number of benzene rings is 2. The summed E-state index contributed by atoms with van der Waals surface area (Å²) in [5.74, 6) is -1.33. The normalized spacial score (nSPS) is 10.1. The first-order valence-electron chi connectivity index (χ1n) is 6.09. The fourth-order valence-electron chi connectivity index (χ4n) is 1.77. The van der Waals surface area contributed by atoms with Gasteiger partial charge in [0.1, 0.15) is 5.82 Å². The van der Waals surface area contributed by atoms with E-state index in [1.165, 1.54) is 18.2 Å². The SMILES string of the molecule is Cc1cc(F)ccc1C(=O)OCC(=O)c1ccccc1. The van der Waals surface area contributed by atoms with E-state index in [9.17, 15) is 14.0 Å². The molecule has 0 aromatic heterocycles. The van der Waals surface area contributed by atoms with Crippen LogP contribution >= 0.6 is 0 Å². The molecule has 4 heteroatoms. The minimum atomic E-state index is -0.633. The van der Waals surface area contributed by atoms with Crippen LogP contribution in [0.3, 0.4) is 0 Å². The molecule has 0 atom stereocenters. The standard InChI is InChI=1S/C16H13FO3/c1-11-9-13(17)7-8-14(11)16(19)20-10-15(18)12-5-3-2-4-6-12/h2-9H,10H2,1H3. The van der Waals surface area contributed by atoms with E-state index < -0.39 is 11.8 Å². The summed E-state index contributed by atoms with van der Waals surface area (Å²) in [7, 11) is 0. The number of carbonyl (C=O) groups excluding carboxylic acids is 2. The number of hydrogen-bond donors (Lipinski definition) is 0. The third-order valence-corrected chi connectivity index (χ3v) is 2.84. The summed E-state index contributed by atoms with van der Waals surface area (Å²) < 4.78 is 17.9.